The topological polar surface area (TPSA) is 26.3 Å². The minimum Gasteiger partial charge on any atom is -0.465 e. The van der Waals surface area contributed by atoms with Gasteiger partial charge in [-0.3, -0.25) is 4.79 Å². The fraction of sp³-hybridized carbons (Fsp3) is 0.500. The first-order chi connectivity index (χ1) is 8.14. The predicted octanol–water partition coefficient (Wildman–Crippen LogP) is 3.50. The lowest BCUT2D eigenvalue weighted by Crippen LogP contribution is -2.23. The van der Waals surface area contributed by atoms with Gasteiger partial charge in [-0.15, -0.1) is 0 Å². The molecule has 0 unspecified atom stereocenters. The van der Waals surface area contributed by atoms with Gasteiger partial charge in [0.2, 0.25) is 0 Å². The van der Waals surface area contributed by atoms with Crippen molar-refractivity contribution in [1.29, 1.82) is 0 Å². The molecule has 17 heavy (non-hydrogen) atoms. The second kappa shape index (κ2) is 4.69. The summed E-state index contributed by atoms with van der Waals surface area (Å²) in [6.45, 7) is 4.33. The minimum atomic E-state index is -0.411. The highest BCUT2D eigenvalue weighted by Crippen LogP contribution is 2.49. The molecule has 0 N–H and O–H groups in total. The average molecular weight is 253 g/mol. The van der Waals surface area contributed by atoms with Gasteiger partial charge in [0, 0.05) is 5.02 Å². The number of carbonyl (C=O) groups is 1. The summed E-state index contributed by atoms with van der Waals surface area (Å²) in [5.74, 6) is -0.111. The smallest absolute Gasteiger partial charge is 0.316 e. The number of rotatable bonds is 4. The zero-order chi connectivity index (χ0) is 12.5. The summed E-state index contributed by atoms with van der Waals surface area (Å²) in [7, 11) is 0. The van der Waals surface area contributed by atoms with Crippen LogP contribution in [0.15, 0.2) is 18.2 Å². The third-order valence-corrected chi connectivity index (χ3v) is 3.75. The Kier molecular flexibility index (Phi) is 3.43. The van der Waals surface area contributed by atoms with Gasteiger partial charge in [-0.25, -0.2) is 0 Å². The molecule has 1 fully saturated rings. The van der Waals surface area contributed by atoms with Crippen molar-refractivity contribution in [3.05, 3.63) is 34.3 Å². The summed E-state index contributed by atoms with van der Waals surface area (Å²) in [5.41, 5.74) is 1.71. The molecule has 0 heterocycles. The molecule has 0 bridgehead atoms. The summed E-state index contributed by atoms with van der Waals surface area (Å²) >= 11 is 6.19. The quantitative estimate of drug-likeness (QED) is 0.767. The number of hydrogen-bond acceptors (Lipinski definition) is 2. The van der Waals surface area contributed by atoms with E-state index in [0.29, 0.717) is 6.61 Å². The van der Waals surface area contributed by atoms with E-state index < -0.39 is 5.41 Å². The van der Waals surface area contributed by atoms with E-state index >= 15 is 0 Å². The zero-order valence-electron chi connectivity index (χ0n) is 10.3. The van der Waals surface area contributed by atoms with Crippen LogP contribution in [-0.4, -0.2) is 12.6 Å². The summed E-state index contributed by atoms with van der Waals surface area (Å²) in [6, 6.07) is 5.94. The van der Waals surface area contributed by atoms with E-state index in [1.54, 1.807) is 0 Å². The van der Waals surface area contributed by atoms with E-state index in [4.69, 9.17) is 16.3 Å². The maximum Gasteiger partial charge on any atom is 0.316 e. The zero-order valence-corrected chi connectivity index (χ0v) is 11.0. The van der Waals surface area contributed by atoms with Gasteiger partial charge < -0.3 is 4.74 Å². The number of benzene rings is 1. The van der Waals surface area contributed by atoms with Crippen LogP contribution in [0.1, 0.15) is 37.8 Å². The van der Waals surface area contributed by atoms with Crippen LogP contribution in [0.4, 0.5) is 0 Å². The largest absolute Gasteiger partial charge is 0.465 e. The highest BCUT2D eigenvalue weighted by molar-refractivity contribution is 6.31. The molecule has 92 valence electrons. The molecule has 0 radical (unpaired) electrons. The standard InChI is InChI=1S/C14H17ClO2/c1-3-10-5-6-11(9-12(10)15)14(7-8-14)13(16)17-4-2/h5-6,9H,3-4,7-8H2,1-2H3. The van der Waals surface area contributed by atoms with Crippen molar-refractivity contribution in [3.63, 3.8) is 0 Å². The van der Waals surface area contributed by atoms with Crippen molar-refractivity contribution in [3.8, 4) is 0 Å². The number of aryl methyl sites for hydroxylation is 1. The second-order valence-electron chi connectivity index (χ2n) is 4.46. The van der Waals surface area contributed by atoms with Crippen LogP contribution in [0, 0.1) is 0 Å². The van der Waals surface area contributed by atoms with E-state index in [9.17, 15) is 4.79 Å². The lowest BCUT2D eigenvalue weighted by Gasteiger charge is -2.15. The molecule has 1 saturated carbocycles. The van der Waals surface area contributed by atoms with Gasteiger partial charge >= 0.3 is 5.97 Å². The summed E-state index contributed by atoms with van der Waals surface area (Å²) in [4.78, 5) is 11.9. The van der Waals surface area contributed by atoms with Gasteiger partial charge in [-0.1, -0.05) is 30.7 Å². The number of ether oxygens (including phenoxy) is 1. The Bertz CT molecular complexity index is 436. The molecule has 0 atom stereocenters. The monoisotopic (exact) mass is 252 g/mol. The molecule has 2 rings (SSSR count). The first-order valence-electron chi connectivity index (χ1n) is 6.10. The minimum absolute atomic E-state index is 0.111. The Hall–Kier alpha value is -1.02. The maximum absolute atomic E-state index is 11.9. The molecule has 1 aliphatic carbocycles. The Morgan fingerprint density at radius 2 is 2.12 bits per heavy atom. The lowest BCUT2D eigenvalue weighted by molar-refractivity contribution is -0.146. The Labute approximate surface area is 107 Å². The van der Waals surface area contributed by atoms with Crippen LogP contribution < -0.4 is 0 Å². The number of carbonyl (C=O) groups excluding carboxylic acids is 1. The summed E-state index contributed by atoms with van der Waals surface area (Å²) in [6.07, 6.45) is 2.65. The van der Waals surface area contributed by atoms with Gasteiger partial charge in [0.25, 0.3) is 0 Å². The summed E-state index contributed by atoms with van der Waals surface area (Å²) in [5, 5.41) is 0.751. The molecule has 0 saturated heterocycles. The molecule has 0 aliphatic heterocycles. The van der Waals surface area contributed by atoms with Crippen molar-refractivity contribution < 1.29 is 9.53 Å². The van der Waals surface area contributed by atoms with Crippen molar-refractivity contribution in [2.75, 3.05) is 6.61 Å². The Morgan fingerprint density at radius 1 is 1.41 bits per heavy atom. The molecular weight excluding hydrogens is 236 g/mol. The van der Waals surface area contributed by atoms with Crippen molar-refractivity contribution in [1.82, 2.24) is 0 Å². The van der Waals surface area contributed by atoms with E-state index in [2.05, 4.69) is 6.92 Å². The first-order valence-corrected chi connectivity index (χ1v) is 6.48. The van der Waals surface area contributed by atoms with Crippen LogP contribution >= 0.6 is 11.6 Å². The second-order valence-corrected chi connectivity index (χ2v) is 4.87. The number of halogens is 1. The van der Waals surface area contributed by atoms with Gasteiger partial charge in [-0.2, -0.15) is 0 Å². The summed E-state index contributed by atoms with van der Waals surface area (Å²) < 4.78 is 5.14. The SMILES string of the molecule is CCOC(=O)C1(c2ccc(CC)c(Cl)c2)CC1. The van der Waals surface area contributed by atoms with Crippen LogP contribution in [-0.2, 0) is 21.4 Å². The van der Waals surface area contributed by atoms with Crippen LogP contribution in [0.2, 0.25) is 5.02 Å². The van der Waals surface area contributed by atoms with E-state index in [1.807, 2.05) is 25.1 Å². The predicted molar refractivity (Wildman–Crippen MR) is 68.4 cm³/mol. The van der Waals surface area contributed by atoms with Crippen molar-refractivity contribution >= 4 is 17.6 Å². The van der Waals surface area contributed by atoms with Crippen LogP contribution in [0.5, 0.6) is 0 Å². The molecule has 0 spiro atoms. The molecular formula is C14H17ClO2. The Morgan fingerprint density at radius 3 is 2.59 bits per heavy atom. The lowest BCUT2D eigenvalue weighted by atomic mass is 9.94. The molecule has 1 aliphatic rings. The fourth-order valence-corrected chi connectivity index (χ4v) is 2.45. The number of hydrogen-bond donors (Lipinski definition) is 0. The molecule has 1 aromatic carbocycles. The highest BCUT2D eigenvalue weighted by Gasteiger charge is 2.52. The molecule has 0 amide bonds. The Balaban J connectivity index is 2.28. The van der Waals surface area contributed by atoms with Crippen LogP contribution in [0.25, 0.3) is 0 Å². The average Bonchev–Trinajstić information content (AvgIpc) is 3.10. The van der Waals surface area contributed by atoms with E-state index in [1.165, 1.54) is 0 Å². The highest BCUT2D eigenvalue weighted by atomic mass is 35.5. The third kappa shape index (κ3) is 2.19. The fourth-order valence-electron chi connectivity index (χ4n) is 2.14. The normalized spacial score (nSPS) is 16.6. The molecule has 1 aromatic rings. The third-order valence-electron chi connectivity index (χ3n) is 3.40. The van der Waals surface area contributed by atoms with E-state index in [0.717, 1.165) is 35.4 Å². The maximum atomic E-state index is 11.9. The van der Waals surface area contributed by atoms with Gasteiger partial charge in [0.15, 0.2) is 0 Å². The van der Waals surface area contributed by atoms with Gasteiger partial charge in [0.1, 0.15) is 0 Å². The molecule has 0 aromatic heterocycles. The van der Waals surface area contributed by atoms with Gasteiger partial charge in [-0.05, 0) is 43.4 Å². The first kappa shape index (κ1) is 12.4. The van der Waals surface area contributed by atoms with E-state index in [-0.39, 0.29) is 5.97 Å². The van der Waals surface area contributed by atoms with Crippen molar-refractivity contribution in [2.24, 2.45) is 0 Å². The van der Waals surface area contributed by atoms with Crippen molar-refractivity contribution in [2.45, 2.75) is 38.5 Å². The van der Waals surface area contributed by atoms with Crippen LogP contribution in [0.3, 0.4) is 0 Å². The number of esters is 1. The van der Waals surface area contributed by atoms with Gasteiger partial charge in [0.05, 0.1) is 12.0 Å². The molecule has 2 nitrogen and oxygen atoms in total. The molecule has 3 heteroatoms.